The minimum atomic E-state index is -0.258. The van der Waals surface area contributed by atoms with Gasteiger partial charge in [-0.25, -0.2) is 4.98 Å². The lowest BCUT2D eigenvalue weighted by Gasteiger charge is -2.24. The van der Waals surface area contributed by atoms with E-state index < -0.39 is 0 Å². The topological polar surface area (TPSA) is 33.2 Å². The Labute approximate surface area is 150 Å². The van der Waals surface area contributed by atoms with Crippen LogP contribution in [0.25, 0.3) is 10.2 Å². The van der Waals surface area contributed by atoms with E-state index in [4.69, 9.17) is 0 Å². The molecule has 3 nitrogen and oxygen atoms in total. The molecule has 0 fully saturated rings. The Morgan fingerprint density at radius 3 is 2.42 bits per heavy atom. The van der Waals surface area contributed by atoms with Crippen molar-refractivity contribution in [3.8, 4) is 0 Å². The van der Waals surface area contributed by atoms with Gasteiger partial charge in [0.1, 0.15) is 5.25 Å². The van der Waals surface area contributed by atoms with Crippen LogP contribution in [0.1, 0.15) is 24.7 Å². The number of hydrogen-bond acceptors (Lipinski definition) is 4. The molecule has 0 N–H and O–H groups in total. The molecular weight excluding hydrogens is 336 g/mol. The van der Waals surface area contributed by atoms with Gasteiger partial charge in [0.05, 0.1) is 10.2 Å². The monoisotopic (exact) mass is 356 g/mol. The van der Waals surface area contributed by atoms with Crippen LogP contribution in [0, 0.1) is 0 Å². The first-order valence-electron chi connectivity index (χ1n) is 8.09. The number of amides is 1. The van der Waals surface area contributed by atoms with E-state index in [1.165, 1.54) is 0 Å². The zero-order chi connectivity index (χ0) is 16.9. The summed E-state index contributed by atoms with van der Waals surface area (Å²) in [7, 11) is 0. The summed E-state index contributed by atoms with van der Waals surface area (Å²) in [6.45, 7) is 5.48. The highest BCUT2D eigenvalue weighted by Gasteiger charge is 2.26. The SMILES string of the molecule is CCN(CC)C(=O)C(Sc1nc2ccccc2s1)c1ccccc1. The van der Waals surface area contributed by atoms with Crippen LogP contribution in [0.5, 0.6) is 0 Å². The predicted molar refractivity (Wildman–Crippen MR) is 103 cm³/mol. The van der Waals surface area contributed by atoms with E-state index >= 15 is 0 Å². The summed E-state index contributed by atoms with van der Waals surface area (Å²) in [5, 5.41) is -0.258. The number of carbonyl (C=O) groups excluding carboxylic acids is 1. The second-order valence-corrected chi connectivity index (χ2v) is 7.75. The van der Waals surface area contributed by atoms with E-state index in [1.54, 1.807) is 23.1 Å². The van der Waals surface area contributed by atoms with Gasteiger partial charge in [0.2, 0.25) is 5.91 Å². The summed E-state index contributed by atoms with van der Waals surface area (Å²) < 4.78 is 2.09. The number of aromatic nitrogens is 1. The third-order valence-electron chi connectivity index (χ3n) is 3.89. The van der Waals surface area contributed by atoms with Crippen molar-refractivity contribution in [1.82, 2.24) is 9.88 Å². The van der Waals surface area contributed by atoms with Crippen molar-refractivity contribution in [3.63, 3.8) is 0 Å². The average molecular weight is 357 g/mol. The van der Waals surface area contributed by atoms with Gasteiger partial charge in [-0.2, -0.15) is 0 Å². The third-order valence-corrected chi connectivity index (χ3v) is 6.27. The fraction of sp³-hybridized carbons (Fsp3) is 0.263. The molecule has 0 bridgehead atoms. The molecule has 0 aliphatic carbocycles. The number of thioether (sulfide) groups is 1. The minimum absolute atomic E-state index is 0.149. The van der Waals surface area contributed by atoms with E-state index in [2.05, 4.69) is 11.1 Å². The Balaban J connectivity index is 1.93. The quantitative estimate of drug-likeness (QED) is 0.583. The number of benzene rings is 2. The molecule has 1 amide bonds. The maximum atomic E-state index is 13.0. The number of thiazole rings is 1. The van der Waals surface area contributed by atoms with Crippen molar-refractivity contribution in [3.05, 3.63) is 60.2 Å². The van der Waals surface area contributed by atoms with Crippen LogP contribution in [0.2, 0.25) is 0 Å². The summed E-state index contributed by atoms with van der Waals surface area (Å²) >= 11 is 3.20. The standard InChI is InChI=1S/C19H20N2OS2/c1-3-21(4-2)18(22)17(14-10-6-5-7-11-14)24-19-20-15-12-8-9-13-16(15)23-19/h5-13,17H,3-4H2,1-2H3. The number of likely N-dealkylation sites (N-methyl/N-ethyl adjacent to an activating group) is 1. The van der Waals surface area contributed by atoms with E-state index in [1.807, 2.05) is 67.3 Å². The van der Waals surface area contributed by atoms with E-state index in [-0.39, 0.29) is 11.2 Å². The molecule has 0 radical (unpaired) electrons. The molecule has 2 aromatic carbocycles. The molecule has 0 spiro atoms. The van der Waals surface area contributed by atoms with Crippen molar-refractivity contribution >= 4 is 39.2 Å². The van der Waals surface area contributed by atoms with Gasteiger partial charge < -0.3 is 4.90 Å². The van der Waals surface area contributed by atoms with Crippen LogP contribution in [0.4, 0.5) is 0 Å². The second-order valence-electron chi connectivity index (χ2n) is 5.37. The van der Waals surface area contributed by atoms with Gasteiger partial charge in [-0.1, -0.05) is 54.2 Å². The number of para-hydroxylation sites is 1. The normalized spacial score (nSPS) is 12.2. The molecule has 0 saturated heterocycles. The number of carbonyl (C=O) groups is 1. The summed E-state index contributed by atoms with van der Waals surface area (Å²) in [5.74, 6) is 0.149. The van der Waals surface area contributed by atoms with Crippen molar-refractivity contribution in [2.24, 2.45) is 0 Å². The zero-order valence-corrected chi connectivity index (χ0v) is 15.4. The van der Waals surface area contributed by atoms with Crippen LogP contribution >= 0.6 is 23.1 Å². The van der Waals surface area contributed by atoms with Crippen molar-refractivity contribution in [2.45, 2.75) is 23.4 Å². The summed E-state index contributed by atoms with van der Waals surface area (Å²) in [6.07, 6.45) is 0. The van der Waals surface area contributed by atoms with Gasteiger partial charge >= 0.3 is 0 Å². The fourth-order valence-electron chi connectivity index (χ4n) is 2.59. The molecule has 0 aliphatic rings. The molecule has 3 rings (SSSR count). The van der Waals surface area contributed by atoms with Crippen molar-refractivity contribution in [2.75, 3.05) is 13.1 Å². The predicted octanol–water partition coefficient (Wildman–Crippen LogP) is 5.00. The average Bonchev–Trinajstić information content (AvgIpc) is 3.04. The molecule has 1 unspecified atom stereocenters. The maximum absolute atomic E-state index is 13.0. The van der Waals surface area contributed by atoms with Gasteiger partial charge in [-0.15, -0.1) is 11.3 Å². The van der Waals surface area contributed by atoms with E-state index in [9.17, 15) is 4.79 Å². The highest BCUT2D eigenvalue weighted by Crippen LogP contribution is 2.40. The fourth-order valence-corrected chi connectivity index (χ4v) is 4.94. The lowest BCUT2D eigenvalue weighted by atomic mass is 10.1. The Morgan fingerprint density at radius 1 is 1.08 bits per heavy atom. The van der Waals surface area contributed by atoms with Gasteiger partial charge in [-0.3, -0.25) is 4.79 Å². The first-order chi connectivity index (χ1) is 11.7. The first-order valence-corrected chi connectivity index (χ1v) is 9.78. The van der Waals surface area contributed by atoms with Crippen molar-refractivity contribution < 1.29 is 4.79 Å². The molecule has 3 aromatic rings. The maximum Gasteiger partial charge on any atom is 0.240 e. The highest BCUT2D eigenvalue weighted by molar-refractivity contribution is 8.02. The van der Waals surface area contributed by atoms with Crippen LogP contribution in [-0.4, -0.2) is 28.9 Å². The third kappa shape index (κ3) is 3.62. The molecule has 1 heterocycles. The van der Waals surface area contributed by atoms with E-state index in [0.717, 1.165) is 33.2 Å². The lowest BCUT2D eigenvalue weighted by molar-refractivity contribution is -0.130. The Hall–Kier alpha value is -1.85. The molecule has 5 heteroatoms. The smallest absolute Gasteiger partial charge is 0.240 e. The number of rotatable bonds is 6. The van der Waals surface area contributed by atoms with Gasteiger partial charge in [0.15, 0.2) is 4.34 Å². The molecule has 1 aromatic heterocycles. The van der Waals surface area contributed by atoms with Crippen LogP contribution in [-0.2, 0) is 4.79 Å². The lowest BCUT2D eigenvalue weighted by Crippen LogP contribution is -2.33. The van der Waals surface area contributed by atoms with E-state index in [0.29, 0.717) is 0 Å². The minimum Gasteiger partial charge on any atom is -0.342 e. The molecule has 124 valence electrons. The van der Waals surface area contributed by atoms with Crippen LogP contribution < -0.4 is 0 Å². The summed E-state index contributed by atoms with van der Waals surface area (Å²) in [4.78, 5) is 19.6. The van der Waals surface area contributed by atoms with Crippen LogP contribution in [0.3, 0.4) is 0 Å². The molecule has 0 saturated carbocycles. The number of hydrogen-bond donors (Lipinski definition) is 0. The van der Waals surface area contributed by atoms with Gasteiger partial charge in [0.25, 0.3) is 0 Å². The van der Waals surface area contributed by atoms with Crippen molar-refractivity contribution in [1.29, 1.82) is 0 Å². The zero-order valence-electron chi connectivity index (χ0n) is 13.8. The highest BCUT2D eigenvalue weighted by atomic mass is 32.2. The Bertz CT molecular complexity index is 779. The molecule has 0 aliphatic heterocycles. The number of fused-ring (bicyclic) bond motifs is 1. The second kappa shape index (κ2) is 7.81. The first kappa shape index (κ1) is 17.0. The molecular formula is C19H20N2OS2. The van der Waals surface area contributed by atoms with Crippen LogP contribution in [0.15, 0.2) is 58.9 Å². The summed E-state index contributed by atoms with van der Waals surface area (Å²) in [6, 6.07) is 18.1. The summed E-state index contributed by atoms with van der Waals surface area (Å²) in [5.41, 5.74) is 2.02. The Kier molecular flexibility index (Phi) is 5.53. The molecule has 24 heavy (non-hydrogen) atoms. The van der Waals surface area contributed by atoms with Gasteiger partial charge in [0, 0.05) is 13.1 Å². The van der Waals surface area contributed by atoms with Gasteiger partial charge in [-0.05, 0) is 31.5 Å². The Morgan fingerprint density at radius 2 is 1.75 bits per heavy atom. The largest absolute Gasteiger partial charge is 0.342 e. The number of nitrogens with zero attached hydrogens (tertiary/aromatic N) is 2. The molecule has 1 atom stereocenters.